The maximum absolute atomic E-state index is 6.29. The Hall–Kier alpha value is -2.41. The fraction of sp³-hybridized carbons (Fsp3) is 0.333. The lowest BCUT2D eigenvalue weighted by Gasteiger charge is -2.37. The molecule has 0 spiro atoms. The van der Waals surface area contributed by atoms with E-state index in [-0.39, 0.29) is 0 Å². The lowest BCUT2D eigenvalue weighted by atomic mass is 10.1. The topological polar surface area (TPSA) is 49.2 Å². The molecule has 1 aliphatic rings. The largest absolute Gasteiger partial charge is 0.304 e. The summed E-state index contributed by atoms with van der Waals surface area (Å²) in [5.41, 5.74) is 7.79. The first kappa shape index (κ1) is 18.9. The van der Waals surface area contributed by atoms with Gasteiger partial charge in [0.15, 0.2) is 0 Å². The van der Waals surface area contributed by atoms with Gasteiger partial charge in [0.05, 0.1) is 23.6 Å². The number of anilines is 1. The molecule has 2 aromatic carbocycles. The molecule has 0 saturated carbocycles. The first-order valence-corrected chi connectivity index (χ1v) is 10.0. The SMILES string of the molecule is Cc1ccccc1-c1cn(CCCN2CCN(c3ccccc3Cl)NC2)nn1. The first-order chi connectivity index (χ1) is 13.7. The van der Waals surface area contributed by atoms with Gasteiger partial charge in [0.2, 0.25) is 0 Å². The van der Waals surface area contributed by atoms with Crippen molar-refractivity contribution in [2.24, 2.45) is 0 Å². The molecule has 0 radical (unpaired) electrons. The number of nitrogens with zero attached hydrogens (tertiary/aromatic N) is 5. The summed E-state index contributed by atoms with van der Waals surface area (Å²) in [6, 6.07) is 16.2. The fourth-order valence-corrected chi connectivity index (χ4v) is 3.74. The number of nitrogens with one attached hydrogen (secondary N) is 1. The second-order valence-electron chi connectivity index (χ2n) is 7.07. The minimum atomic E-state index is 0.777. The molecular weight excluding hydrogens is 372 g/mol. The Morgan fingerprint density at radius 1 is 1.04 bits per heavy atom. The quantitative estimate of drug-likeness (QED) is 0.690. The molecule has 1 saturated heterocycles. The molecule has 7 heteroatoms. The van der Waals surface area contributed by atoms with E-state index >= 15 is 0 Å². The molecule has 3 aromatic rings. The number of halogens is 1. The lowest BCUT2D eigenvalue weighted by Crippen LogP contribution is -2.54. The molecule has 0 atom stereocenters. The zero-order valence-corrected chi connectivity index (χ0v) is 16.8. The van der Waals surface area contributed by atoms with Crippen LogP contribution in [0.2, 0.25) is 5.02 Å². The van der Waals surface area contributed by atoms with E-state index in [2.05, 4.69) is 44.7 Å². The van der Waals surface area contributed by atoms with Crippen molar-refractivity contribution in [1.82, 2.24) is 25.3 Å². The molecule has 0 amide bonds. The van der Waals surface area contributed by atoms with Gasteiger partial charge in [-0.1, -0.05) is 53.2 Å². The number of rotatable bonds is 6. The molecular formula is C21H25ClN6. The molecule has 146 valence electrons. The van der Waals surface area contributed by atoms with Crippen molar-refractivity contribution < 1.29 is 0 Å². The summed E-state index contributed by atoms with van der Waals surface area (Å²) in [5.74, 6) is 0. The summed E-state index contributed by atoms with van der Waals surface area (Å²) in [7, 11) is 0. The number of benzene rings is 2. The van der Waals surface area contributed by atoms with E-state index in [1.807, 2.05) is 47.3 Å². The van der Waals surface area contributed by atoms with E-state index in [1.54, 1.807) is 0 Å². The molecule has 0 aliphatic carbocycles. The van der Waals surface area contributed by atoms with Gasteiger partial charge in [0.25, 0.3) is 0 Å². The van der Waals surface area contributed by atoms with Gasteiger partial charge in [0.1, 0.15) is 5.69 Å². The van der Waals surface area contributed by atoms with Crippen LogP contribution in [0, 0.1) is 6.92 Å². The molecule has 6 nitrogen and oxygen atoms in total. The highest BCUT2D eigenvalue weighted by Gasteiger charge is 2.18. The maximum atomic E-state index is 6.29. The van der Waals surface area contributed by atoms with Crippen molar-refractivity contribution in [3.8, 4) is 11.3 Å². The minimum absolute atomic E-state index is 0.777. The number of para-hydroxylation sites is 1. The molecule has 2 heterocycles. The Morgan fingerprint density at radius 2 is 1.86 bits per heavy atom. The molecule has 1 N–H and O–H groups in total. The fourth-order valence-electron chi connectivity index (χ4n) is 3.50. The van der Waals surface area contributed by atoms with E-state index < -0.39 is 0 Å². The van der Waals surface area contributed by atoms with E-state index in [0.717, 1.165) is 61.2 Å². The second-order valence-corrected chi connectivity index (χ2v) is 7.48. The van der Waals surface area contributed by atoms with Crippen LogP contribution in [-0.2, 0) is 6.54 Å². The van der Waals surface area contributed by atoms with Crippen LogP contribution in [-0.4, -0.2) is 46.2 Å². The third-order valence-electron chi connectivity index (χ3n) is 5.09. The van der Waals surface area contributed by atoms with Gasteiger partial charge < -0.3 is 5.01 Å². The van der Waals surface area contributed by atoms with Crippen molar-refractivity contribution in [3.05, 3.63) is 65.3 Å². The molecule has 0 unspecified atom stereocenters. The lowest BCUT2D eigenvalue weighted by molar-refractivity contribution is 0.211. The smallest absolute Gasteiger partial charge is 0.113 e. The predicted molar refractivity (Wildman–Crippen MR) is 113 cm³/mol. The van der Waals surface area contributed by atoms with E-state index in [4.69, 9.17) is 11.6 Å². The summed E-state index contributed by atoms with van der Waals surface area (Å²) in [6.45, 7) is 6.71. The number of aryl methyl sites for hydroxylation is 2. The Balaban J connectivity index is 1.25. The normalized spacial score (nSPS) is 15.1. The Bertz CT molecular complexity index is 917. The average molecular weight is 397 g/mol. The third-order valence-corrected chi connectivity index (χ3v) is 5.41. The highest BCUT2D eigenvalue weighted by Crippen LogP contribution is 2.24. The predicted octanol–water partition coefficient (Wildman–Crippen LogP) is 3.58. The van der Waals surface area contributed by atoms with Gasteiger partial charge in [-0.15, -0.1) is 5.10 Å². The molecule has 28 heavy (non-hydrogen) atoms. The molecule has 1 aliphatic heterocycles. The zero-order valence-electron chi connectivity index (χ0n) is 16.1. The number of hydrazine groups is 1. The van der Waals surface area contributed by atoms with Crippen LogP contribution in [0.4, 0.5) is 5.69 Å². The van der Waals surface area contributed by atoms with Crippen LogP contribution in [0.15, 0.2) is 54.7 Å². The summed E-state index contributed by atoms with van der Waals surface area (Å²) < 4.78 is 1.94. The average Bonchev–Trinajstić information content (AvgIpc) is 3.18. The summed E-state index contributed by atoms with van der Waals surface area (Å²) in [4.78, 5) is 2.41. The van der Waals surface area contributed by atoms with Crippen LogP contribution in [0.1, 0.15) is 12.0 Å². The van der Waals surface area contributed by atoms with Crippen molar-refractivity contribution >= 4 is 17.3 Å². The van der Waals surface area contributed by atoms with Crippen LogP contribution < -0.4 is 10.4 Å². The number of hydrogen-bond donors (Lipinski definition) is 1. The van der Waals surface area contributed by atoms with Gasteiger partial charge in [-0.25, -0.2) is 5.43 Å². The highest BCUT2D eigenvalue weighted by atomic mass is 35.5. The molecule has 4 rings (SSSR count). The second kappa shape index (κ2) is 8.73. The Labute approximate surface area is 170 Å². The minimum Gasteiger partial charge on any atom is -0.304 e. The van der Waals surface area contributed by atoms with E-state index in [1.165, 1.54) is 5.56 Å². The van der Waals surface area contributed by atoms with Crippen molar-refractivity contribution in [3.63, 3.8) is 0 Å². The van der Waals surface area contributed by atoms with Crippen molar-refractivity contribution in [2.45, 2.75) is 19.9 Å². The van der Waals surface area contributed by atoms with Crippen LogP contribution in [0.5, 0.6) is 0 Å². The molecule has 1 fully saturated rings. The summed E-state index contributed by atoms with van der Waals surface area (Å²) in [5, 5.41) is 11.5. The standard InChI is InChI=1S/C21H25ClN6/c1-17-7-2-3-8-18(17)20-15-27(25-24-20)12-6-11-26-13-14-28(23-16-26)21-10-5-4-9-19(21)22/h2-5,7-10,15,23H,6,11-14,16H2,1H3. The van der Waals surface area contributed by atoms with E-state index in [0.29, 0.717) is 0 Å². The Morgan fingerprint density at radius 3 is 2.64 bits per heavy atom. The summed E-state index contributed by atoms with van der Waals surface area (Å²) in [6.07, 6.45) is 3.07. The van der Waals surface area contributed by atoms with Gasteiger partial charge >= 0.3 is 0 Å². The van der Waals surface area contributed by atoms with Gasteiger partial charge in [-0.2, -0.15) is 0 Å². The highest BCUT2D eigenvalue weighted by molar-refractivity contribution is 6.33. The van der Waals surface area contributed by atoms with Gasteiger partial charge in [-0.3, -0.25) is 9.58 Å². The van der Waals surface area contributed by atoms with E-state index in [9.17, 15) is 0 Å². The van der Waals surface area contributed by atoms with Crippen LogP contribution >= 0.6 is 11.6 Å². The van der Waals surface area contributed by atoms with Crippen molar-refractivity contribution in [2.75, 3.05) is 31.3 Å². The first-order valence-electron chi connectivity index (χ1n) is 9.65. The van der Waals surface area contributed by atoms with Gasteiger partial charge in [0, 0.05) is 31.7 Å². The number of aromatic nitrogens is 3. The zero-order chi connectivity index (χ0) is 19.3. The third kappa shape index (κ3) is 4.35. The molecule has 1 aromatic heterocycles. The monoisotopic (exact) mass is 396 g/mol. The number of hydrogen-bond acceptors (Lipinski definition) is 5. The molecule has 0 bridgehead atoms. The van der Waals surface area contributed by atoms with Crippen molar-refractivity contribution in [1.29, 1.82) is 0 Å². The van der Waals surface area contributed by atoms with Crippen LogP contribution in [0.3, 0.4) is 0 Å². The van der Waals surface area contributed by atoms with Gasteiger partial charge in [-0.05, 0) is 31.0 Å². The van der Waals surface area contributed by atoms with Crippen LogP contribution in [0.25, 0.3) is 11.3 Å². The Kier molecular flexibility index (Phi) is 5.90. The maximum Gasteiger partial charge on any atom is 0.113 e. The summed E-state index contributed by atoms with van der Waals surface area (Å²) >= 11 is 6.29.